The first-order chi connectivity index (χ1) is 6.79. The fourth-order valence-electron chi connectivity index (χ4n) is 2.01. The molecule has 1 nitrogen and oxygen atoms in total. The summed E-state index contributed by atoms with van der Waals surface area (Å²) in [6.45, 7) is 3.84. The minimum Gasteiger partial charge on any atom is -0.261 e. The Balaban J connectivity index is 2.22. The van der Waals surface area contributed by atoms with E-state index >= 15 is 0 Å². The predicted octanol–water partition coefficient (Wildman–Crippen LogP) is 3.24. The molecule has 0 aliphatic heterocycles. The average molecular weight is 191 g/mol. The number of nitrogens with zero attached hydrogens (tertiary/aromatic N) is 1. The van der Waals surface area contributed by atoms with Gasteiger partial charge in [-0.25, -0.2) is 4.39 Å². The van der Waals surface area contributed by atoms with Crippen LogP contribution >= 0.6 is 0 Å². The van der Waals surface area contributed by atoms with Gasteiger partial charge in [-0.05, 0) is 37.0 Å². The van der Waals surface area contributed by atoms with Crippen LogP contribution in [0.4, 0.5) is 4.39 Å². The number of alkyl halides is 1. The normalized spacial score (nSPS) is 27.6. The summed E-state index contributed by atoms with van der Waals surface area (Å²) in [7, 11) is 0. The molecule has 0 N–H and O–H groups in total. The molecule has 1 aromatic heterocycles. The van der Waals surface area contributed by atoms with E-state index in [4.69, 9.17) is 0 Å². The topological polar surface area (TPSA) is 12.9 Å². The number of allylic oxidation sites excluding steroid dienone is 1. The van der Waals surface area contributed by atoms with Gasteiger partial charge >= 0.3 is 0 Å². The summed E-state index contributed by atoms with van der Waals surface area (Å²) in [6, 6.07) is 5.77. The van der Waals surface area contributed by atoms with Crippen LogP contribution in [-0.4, -0.2) is 11.2 Å². The number of rotatable bonds is 1. The molecule has 1 aromatic rings. The molecule has 0 radical (unpaired) electrons. The Hall–Kier alpha value is -1.18. The number of halogens is 1. The summed E-state index contributed by atoms with van der Waals surface area (Å²) in [5, 5.41) is 0. The van der Waals surface area contributed by atoms with Gasteiger partial charge in [0.05, 0.1) is 0 Å². The molecule has 1 fully saturated rings. The SMILES string of the molecule is C=C1C(F)CCCC1c1ccccn1. The highest BCUT2D eigenvalue weighted by Gasteiger charge is 2.27. The monoisotopic (exact) mass is 191 g/mol. The van der Waals surface area contributed by atoms with E-state index in [-0.39, 0.29) is 5.92 Å². The van der Waals surface area contributed by atoms with Crippen LogP contribution in [0.3, 0.4) is 0 Å². The highest BCUT2D eigenvalue weighted by Crippen LogP contribution is 2.36. The largest absolute Gasteiger partial charge is 0.261 e. The maximum absolute atomic E-state index is 13.4. The lowest BCUT2D eigenvalue weighted by atomic mass is 9.82. The van der Waals surface area contributed by atoms with E-state index in [1.54, 1.807) is 6.20 Å². The van der Waals surface area contributed by atoms with Crippen molar-refractivity contribution in [2.75, 3.05) is 0 Å². The zero-order valence-electron chi connectivity index (χ0n) is 8.12. The minimum atomic E-state index is -0.837. The van der Waals surface area contributed by atoms with Crippen molar-refractivity contribution in [1.29, 1.82) is 0 Å². The van der Waals surface area contributed by atoms with E-state index < -0.39 is 6.17 Å². The lowest BCUT2D eigenvalue weighted by Gasteiger charge is -2.26. The third-order valence-corrected chi connectivity index (χ3v) is 2.85. The smallest absolute Gasteiger partial charge is 0.122 e. The molecule has 1 heterocycles. The lowest BCUT2D eigenvalue weighted by Crippen LogP contribution is -2.18. The molecule has 2 rings (SSSR count). The summed E-state index contributed by atoms with van der Waals surface area (Å²) in [6.07, 6.45) is 3.46. The van der Waals surface area contributed by atoms with Gasteiger partial charge in [-0.2, -0.15) is 0 Å². The fourth-order valence-corrected chi connectivity index (χ4v) is 2.01. The van der Waals surface area contributed by atoms with Crippen molar-refractivity contribution in [3.8, 4) is 0 Å². The second-order valence-electron chi connectivity index (χ2n) is 3.78. The third-order valence-electron chi connectivity index (χ3n) is 2.85. The number of hydrogen-bond donors (Lipinski definition) is 0. The van der Waals surface area contributed by atoms with E-state index in [1.807, 2.05) is 18.2 Å². The molecule has 0 spiro atoms. The van der Waals surface area contributed by atoms with Crippen molar-refractivity contribution in [3.05, 3.63) is 42.2 Å². The van der Waals surface area contributed by atoms with E-state index in [2.05, 4.69) is 11.6 Å². The maximum atomic E-state index is 13.4. The fraction of sp³-hybridized carbons (Fsp3) is 0.417. The maximum Gasteiger partial charge on any atom is 0.122 e. The summed E-state index contributed by atoms with van der Waals surface area (Å²) in [5.41, 5.74) is 1.66. The second-order valence-corrected chi connectivity index (χ2v) is 3.78. The van der Waals surface area contributed by atoms with Crippen LogP contribution in [-0.2, 0) is 0 Å². The standard InChI is InChI=1S/C12H14FN/c1-9-10(5-4-6-11(9)13)12-7-2-3-8-14-12/h2-3,7-8,10-11H,1,4-6H2. The zero-order valence-corrected chi connectivity index (χ0v) is 8.12. The molecule has 14 heavy (non-hydrogen) atoms. The average Bonchev–Trinajstić information content (AvgIpc) is 2.23. The number of pyridine rings is 1. The Kier molecular flexibility index (Phi) is 2.62. The first-order valence-electron chi connectivity index (χ1n) is 5.02. The molecule has 1 aliphatic rings. The minimum absolute atomic E-state index is 0.125. The van der Waals surface area contributed by atoms with Crippen LogP contribution in [0.2, 0.25) is 0 Å². The summed E-state index contributed by atoms with van der Waals surface area (Å²) in [4.78, 5) is 4.26. The van der Waals surface area contributed by atoms with Crippen LogP contribution in [0, 0.1) is 0 Å². The van der Waals surface area contributed by atoms with Crippen LogP contribution < -0.4 is 0 Å². The van der Waals surface area contributed by atoms with Crippen molar-refractivity contribution in [2.45, 2.75) is 31.4 Å². The Morgan fingerprint density at radius 1 is 1.36 bits per heavy atom. The molecule has 1 aliphatic carbocycles. The Morgan fingerprint density at radius 3 is 2.93 bits per heavy atom. The second kappa shape index (κ2) is 3.91. The number of aromatic nitrogens is 1. The van der Waals surface area contributed by atoms with Gasteiger partial charge in [0.15, 0.2) is 0 Å². The van der Waals surface area contributed by atoms with Gasteiger partial charge in [0, 0.05) is 17.8 Å². The zero-order chi connectivity index (χ0) is 9.97. The van der Waals surface area contributed by atoms with Crippen LogP contribution in [0.15, 0.2) is 36.5 Å². The van der Waals surface area contributed by atoms with Crippen LogP contribution in [0.25, 0.3) is 0 Å². The summed E-state index contributed by atoms with van der Waals surface area (Å²) < 4.78 is 13.4. The number of hydrogen-bond acceptors (Lipinski definition) is 1. The van der Waals surface area contributed by atoms with Crippen molar-refractivity contribution in [3.63, 3.8) is 0 Å². The van der Waals surface area contributed by atoms with Crippen molar-refractivity contribution < 1.29 is 4.39 Å². The van der Waals surface area contributed by atoms with Gasteiger partial charge in [-0.15, -0.1) is 0 Å². The van der Waals surface area contributed by atoms with Gasteiger partial charge < -0.3 is 0 Å². The Bertz CT molecular complexity index is 320. The molecular formula is C12H14FN. The van der Waals surface area contributed by atoms with E-state index in [9.17, 15) is 4.39 Å². The molecule has 0 saturated heterocycles. The van der Waals surface area contributed by atoms with Crippen molar-refractivity contribution in [1.82, 2.24) is 4.98 Å². The molecule has 0 amide bonds. The molecule has 2 heteroatoms. The molecule has 0 bridgehead atoms. The van der Waals surface area contributed by atoms with Crippen molar-refractivity contribution >= 4 is 0 Å². The molecule has 2 atom stereocenters. The predicted molar refractivity (Wildman–Crippen MR) is 54.9 cm³/mol. The molecule has 2 unspecified atom stereocenters. The first-order valence-corrected chi connectivity index (χ1v) is 5.02. The third kappa shape index (κ3) is 1.69. The summed E-state index contributed by atoms with van der Waals surface area (Å²) >= 11 is 0. The molecule has 74 valence electrons. The highest BCUT2D eigenvalue weighted by atomic mass is 19.1. The molecule has 1 saturated carbocycles. The van der Waals surface area contributed by atoms with Crippen LogP contribution in [0.1, 0.15) is 30.9 Å². The lowest BCUT2D eigenvalue weighted by molar-refractivity contribution is 0.302. The quantitative estimate of drug-likeness (QED) is 0.621. The van der Waals surface area contributed by atoms with E-state index in [1.165, 1.54) is 0 Å². The van der Waals surface area contributed by atoms with Crippen LogP contribution in [0.5, 0.6) is 0 Å². The summed E-state index contributed by atoms with van der Waals surface area (Å²) in [5.74, 6) is 0.125. The first kappa shape index (κ1) is 9.38. The Morgan fingerprint density at radius 2 is 2.21 bits per heavy atom. The van der Waals surface area contributed by atoms with Gasteiger partial charge in [0.2, 0.25) is 0 Å². The van der Waals surface area contributed by atoms with E-state index in [0.29, 0.717) is 12.0 Å². The van der Waals surface area contributed by atoms with Gasteiger partial charge in [-0.3, -0.25) is 4.98 Å². The molecule has 0 aromatic carbocycles. The van der Waals surface area contributed by atoms with E-state index in [0.717, 1.165) is 18.5 Å². The Labute approximate surface area is 83.7 Å². The van der Waals surface area contributed by atoms with Gasteiger partial charge in [0.25, 0.3) is 0 Å². The van der Waals surface area contributed by atoms with Crippen molar-refractivity contribution in [2.24, 2.45) is 0 Å². The van der Waals surface area contributed by atoms with Gasteiger partial charge in [-0.1, -0.05) is 12.6 Å². The van der Waals surface area contributed by atoms with Gasteiger partial charge in [0.1, 0.15) is 6.17 Å². The highest BCUT2D eigenvalue weighted by molar-refractivity contribution is 5.25. The molecular weight excluding hydrogens is 177 g/mol.